The molecule has 28 heavy (non-hydrogen) atoms. The highest BCUT2D eigenvalue weighted by Gasteiger charge is 2.20. The van der Waals surface area contributed by atoms with Gasteiger partial charge in [-0.3, -0.25) is 9.69 Å². The molecule has 1 amide bonds. The van der Waals surface area contributed by atoms with Crippen LogP contribution < -0.4 is 15.0 Å². The minimum Gasteiger partial charge on any atom is -0.491 e. The summed E-state index contributed by atoms with van der Waals surface area (Å²) in [6.07, 6.45) is 0.708. The Morgan fingerprint density at radius 3 is 2.61 bits per heavy atom. The largest absolute Gasteiger partial charge is 0.491 e. The topological polar surface area (TPSA) is 65.0 Å². The lowest BCUT2D eigenvalue weighted by atomic mass is 10.0. The summed E-state index contributed by atoms with van der Waals surface area (Å²) in [5, 5.41) is 13.2. The van der Waals surface area contributed by atoms with Crippen molar-refractivity contribution >= 4 is 17.3 Å². The van der Waals surface area contributed by atoms with Crippen molar-refractivity contribution < 1.29 is 14.6 Å². The van der Waals surface area contributed by atoms with E-state index in [2.05, 4.69) is 39.4 Å². The molecule has 2 N–H and O–H groups in total. The van der Waals surface area contributed by atoms with Gasteiger partial charge in [-0.1, -0.05) is 18.2 Å². The number of aryl methyl sites for hydroxylation is 1. The van der Waals surface area contributed by atoms with Gasteiger partial charge in [0.2, 0.25) is 5.91 Å². The summed E-state index contributed by atoms with van der Waals surface area (Å²) in [7, 11) is 0. The van der Waals surface area contributed by atoms with Crippen LogP contribution in [0.25, 0.3) is 0 Å². The van der Waals surface area contributed by atoms with Crippen molar-refractivity contribution in [1.82, 2.24) is 4.90 Å². The number of para-hydroxylation sites is 1. The van der Waals surface area contributed by atoms with Crippen LogP contribution in [0.1, 0.15) is 12.0 Å². The highest BCUT2D eigenvalue weighted by atomic mass is 16.5. The third-order valence-electron chi connectivity index (χ3n) is 5.38. The Labute approximate surface area is 165 Å². The number of anilines is 2. The van der Waals surface area contributed by atoms with Crippen LogP contribution in [0.2, 0.25) is 0 Å². The number of amides is 1. The standard InChI is InChI=1S/C22H27N3O3/c26-19(15-24-10-12-25(13-11-24)18-4-2-1-3-5-18)16-28-20-7-8-21-17(14-20)6-9-22(27)23-21/h1-5,7-8,14,19,26H,6,9-13,15-16H2,(H,23,27)/t19-/m0/s1. The molecule has 1 saturated heterocycles. The number of rotatable bonds is 6. The fourth-order valence-corrected chi connectivity index (χ4v) is 3.82. The van der Waals surface area contributed by atoms with Crippen molar-refractivity contribution in [2.75, 3.05) is 49.5 Å². The molecular formula is C22H27N3O3. The average molecular weight is 381 g/mol. The predicted molar refractivity (Wildman–Crippen MR) is 110 cm³/mol. The molecule has 2 aromatic rings. The fraction of sp³-hybridized carbons (Fsp3) is 0.409. The Hall–Kier alpha value is -2.57. The maximum atomic E-state index is 11.4. The highest BCUT2D eigenvalue weighted by molar-refractivity contribution is 5.93. The summed E-state index contributed by atoms with van der Waals surface area (Å²) in [6, 6.07) is 16.1. The molecule has 0 radical (unpaired) electrons. The summed E-state index contributed by atoms with van der Waals surface area (Å²) in [5.74, 6) is 0.798. The first kappa shape index (κ1) is 18.8. The van der Waals surface area contributed by atoms with Crippen molar-refractivity contribution in [3.8, 4) is 5.75 Å². The number of β-amino-alcohol motifs (C(OH)–C–C–N with tert-alkyl or cyclic N) is 1. The molecule has 2 heterocycles. The number of hydrogen-bond acceptors (Lipinski definition) is 5. The lowest BCUT2D eigenvalue weighted by Gasteiger charge is -2.36. The van der Waals surface area contributed by atoms with Crippen molar-refractivity contribution in [3.05, 3.63) is 54.1 Å². The normalized spacial score (nSPS) is 18.3. The van der Waals surface area contributed by atoms with Crippen molar-refractivity contribution in [3.63, 3.8) is 0 Å². The number of carbonyl (C=O) groups is 1. The van der Waals surface area contributed by atoms with Gasteiger partial charge in [-0.15, -0.1) is 0 Å². The van der Waals surface area contributed by atoms with Crippen molar-refractivity contribution in [2.45, 2.75) is 18.9 Å². The zero-order chi connectivity index (χ0) is 19.3. The number of carbonyl (C=O) groups excluding carboxylic acids is 1. The minimum atomic E-state index is -0.529. The summed E-state index contributed by atoms with van der Waals surface area (Å²) in [5.41, 5.74) is 3.21. The van der Waals surface area contributed by atoms with Crippen LogP contribution in [0.15, 0.2) is 48.5 Å². The maximum absolute atomic E-state index is 11.4. The number of ether oxygens (including phenoxy) is 1. The van der Waals surface area contributed by atoms with Crippen molar-refractivity contribution in [1.29, 1.82) is 0 Å². The Morgan fingerprint density at radius 1 is 1.04 bits per heavy atom. The second-order valence-corrected chi connectivity index (χ2v) is 7.46. The van der Waals surface area contributed by atoms with Crippen molar-refractivity contribution in [2.24, 2.45) is 0 Å². The quantitative estimate of drug-likeness (QED) is 0.803. The zero-order valence-electron chi connectivity index (χ0n) is 16.0. The van der Waals surface area contributed by atoms with Gasteiger partial charge in [0.05, 0.1) is 0 Å². The van der Waals surface area contributed by atoms with E-state index in [-0.39, 0.29) is 12.5 Å². The number of aliphatic hydroxyl groups excluding tert-OH is 1. The van der Waals surface area contributed by atoms with E-state index >= 15 is 0 Å². The monoisotopic (exact) mass is 381 g/mol. The summed E-state index contributed by atoms with van der Waals surface area (Å²) >= 11 is 0. The molecule has 0 saturated carbocycles. The number of hydrogen-bond donors (Lipinski definition) is 2. The first-order chi connectivity index (χ1) is 13.7. The number of aliphatic hydroxyl groups is 1. The van der Waals surface area contributed by atoms with E-state index in [1.807, 2.05) is 24.3 Å². The number of benzene rings is 2. The van der Waals surface area contributed by atoms with Gasteiger partial charge >= 0.3 is 0 Å². The SMILES string of the molecule is O=C1CCc2cc(OC[C@@H](O)CN3CCN(c4ccccc4)CC3)ccc2N1. The van der Waals surface area contributed by atoms with Gasteiger partial charge in [0.25, 0.3) is 0 Å². The van der Waals surface area contributed by atoms with Crippen LogP contribution in [0, 0.1) is 0 Å². The Morgan fingerprint density at radius 2 is 1.82 bits per heavy atom. The molecule has 148 valence electrons. The van der Waals surface area contributed by atoms with Gasteiger partial charge in [0.15, 0.2) is 0 Å². The molecule has 0 aliphatic carbocycles. The van der Waals surface area contributed by atoms with E-state index in [0.717, 1.165) is 49.6 Å². The summed E-state index contributed by atoms with van der Waals surface area (Å²) < 4.78 is 5.79. The second kappa shape index (κ2) is 8.63. The maximum Gasteiger partial charge on any atom is 0.224 e. The Balaban J connectivity index is 1.22. The smallest absolute Gasteiger partial charge is 0.224 e. The molecule has 6 nitrogen and oxygen atoms in total. The molecule has 2 aliphatic heterocycles. The van der Waals surface area contributed by atoms with Crippen LogP contribution in [0.4, 0.5) is 11.4 Å². The molecule has 4 rings (SSSR count). The van der Waals surface area contributed by atoms with E-state index in [9.17, 15) is 9.90 Å². The highest BCUT2D eigenvalue weighted by Crippen LogP contribution is 2.26. The number of fused-ring (bicyclic) bond motifs is 1. The second-order valence-electron chi connectivity index (χ2n) is 7.46. The van der Waals surface area contributed by atoms with Crippen LogP contribution in [0.3, 0.4) is 0 Å². The third-order valence-corrected chi connectivity index (χ3v) is 5.38. The first-order valence-electron chi connectivity index (χ1n) is 9.93. The Kier molecular flexibility index (Phi) is 5.78. The van der Waals surface area contributed by atoms with E-state index < -0.39 is 6.10 Å². The molecule has 0 bridgehead atoms. The number of piperazine rings is 1. The Bertz CT molecular complexity index is 804. The molecule has 1 fully saturated rings. The number of nitrogens with zero attached hydrogens (tertiary/aromatic N) is 2. The summed E-state index contributed by atoms with van der Waals surface area (Å²) in [4.78, 5) is 16.1. The molecule has 0 unspecified atom stereocenters. The van der Waals surface area contributed by atoms with E-state index in [4.69, 9.17) is 4.74 Å². The number of nitrogens with one attached hydrogen (secondary N) is 1. The summed E-state index contributed by atoms with van der Waals surface area (Å²) in [6.45, 7) is 4.69. The molecule has 2 aromatic carbocycles. The predicted octanol–water partition coefficient (Wildman–Crippen LogP) is 2.13. The zero-order valence-corrected chi connectivity index (χ0v) is 16.0. The first-order valence-corrected chi connectivity index (χ1v) is 9.93. The van der Waals surface area contributed by atoms with Crippen LogP contribution in [-0.4, -0.2) is 61.3 Å². The van der Waals surface area contributed by atoms with E-state index in [1.54, 1.807) is 0 Å². The van der Waals surface area contributed by atoms with E-state index in [0.29, 0.717) is 13.0 Å². The average Bonchev–Trinajstić information content (AvgIpc) is 2.73. The molecule has 2 aliphatic rings. The lowest BCUT2D eigenvalue weighted by molar-refractivity contribution is -0.116. The minimum absolute atomic E-state index is 0.0592. The molecule has 0 spiro atoms. The third kappa shape index (κ3) is 4.64. The van der Waals surface area contributed by atoms with Gasteiger partial charge in [-0.25, -0.2) is 0 Å². The van der Waals surface area contributed by atoms with Gasteiger partial charge < -0.3 is 20.1 Å². The van der Waals surface area contributed by atoms with Crippen LogP contribution in [-0.2, 0) is 11.2 Å². The molecule has 0 aromatic heterocycles. The van der Waals surface area contributed by atoms with Gasteiger partial charge in [0.1, 0.15) is 18.5 Å². The van der Waals surface area contributed by atoms with Gasteiger partial charge in [-0.05, 0) is 42.3 Å². The lowest BCUT2D eigenvalue weighted by Crippen LogP contribution is -2.49. The van der Waals surface area contributed by atoms with Gasteiger partial charge in [0, 0.05) is 50.5 Å². The molecular weight excluding hydrogens is 354 g/mol. The molecule has 1 atom stereocenters. The van der Waals surface area contributed by atoms with E-state index in [1.165, 1.54) is 5.69 Å². The fourth-order valence-electron chi connectivity index (χ4n) is 3.82. The van der Waals surface area contributed by atoms with Crippen LogP contribution in [0.5, 0.6) is 5.75 Å². The van der Waals surface area contributed by atoms with Crippen LogP contribution >= 0.6 is 0 Å². The molecule has 6 heteroatoms. The van der Waals surface area contributed by atoms with Gasteiger partial charge in [-0.2, -0.15) is 0 Å².